The number of carbonyl (C=O) groups excluding carboxylic acids is 1. The number of esters is 1. The molecule has 1 aliphatic carbocycles. The molecule has 100 valence electrons. The van der Waals surface area contributed by atoms with Crippen LogP contribution in [0.1, 0.15) is 45.4 Å². The third-order valence-corrected chi connectivity index (χ3v) is 3.27. The van der Waals surface area contributed by atoms with Crippen molar-refractivity contribution in [1.29, 1.82) is 0 Å². The van der Waals surface area contributed by atoms with Crippen LogP contribution in [-0.4, -0.2) is 29.7 Å². The predicted octanol–water partition coefficient (Wildman–Crippen LogP) is 2.52. The van der Waals surface area contributed by atoms with Crippen molar-refractivity contribution in [1.82, 2.24) is 0 Å². The lowest BCUT2D eigenvalue weighted by Crippen LogP contribution is -2.46. The SMILES string of the molecule is CCOC(=O)C(F)(F)C(O)C1CCCCCC1. The Hall–Kier alpha value is -0.710. The molecule has 0 heterocycles. The van der Waals surface area contributed by atoms with E-state index in [9.17, 15) is 18.7 Å². The zero-order valence-corrected chi connectivity index (χ0v) is 10.1. The second kappa shape index (κ2) is 6.28. The Bertz CT molecular complexity index is 248. The molecule has 0 radical (unpaired) electrons. The maximum atomic E-state index is 13.6. The normalized spacial score (nSPS) is 20.7. The zero-order valence-electron chi connectivity index (χ0n) is 10.1. The molecular formula is C12H20F2O3. The van der Waals surface area contributed by atoms with Gasteiger partial charge < -0.3 is 9.84 Å². The molecule has 0 saturated heterocycles. The summed E-state index contributed by atoms with van der Waals surface area (Å²) in [7, 11) is 0. The Morgan fingerprint density at radius 2 is 1.88 bits per heavy atom. The lowest BCUT2D eigenvalue weighted by Gasteiger charge is -2.27. The zero-order chi connectivity index (χ0) is 12.9. The topological polar surface area (TPSA) is 46.5 Å². The molecule has 5 heteroatoms. The maximum Gasteiger partial charge on any atom is 0.379 e. The molecule has 0 aromatic carbocycles. The minimum atomic E-state index is -3.79. The van der Waals surface area contributed by atoms with Crippen molar-refractivity contribution in [2.24, 2.45) is 5.92 Å². The third kappa shape index (κ3) is 3.63. The molecule has 0 spiro atoms. The lowest BCUT2D eigenvalue weighted by molar-refractivity contribution is -0.194. The summed E-state index contributed by atoms with van der Waals surface area (Å²) in [6.45, 7) is 1.36. The standard InChI is InChI=1S/C12H20F2O3/c1-2-17-11(16)12(13,14)10(15)9-7-5-3-4-6-8-9/h9-10,15H,2-8H2,1H3. The molecule has 1 fully saturated rings. The second-order valence-electron chi connectivity index (χ2n) is 4.54. The van der Waals surface area contributed by atoms with E-state index >= 15 is 0 Å². The first-order valence-electron chi connectivity index (χ1n) is 6.23. The van der Waals surface area contributed by atoms with Gasteiger partial charge >= 0.3 is 11.9 Å². The second-order valence-corrected chi connectivity index (χ2v) is 4.54. The molecule has 1 saturated carbocycles. The van der Waals surface area contributed by atoms with Gasteiger partial charge in [-0.15, -0.1) is 0 Å². The van der Waals surface area contributed by atoms with Gasteiger partial charge in [-0.05, 0) is 25.7 Å². The maximum absolute atomic E-state index is 13.6. The largest absolute Gasteiger partial charge is 0.461 e. The van der Waals surface area contributed by atoms with E-state index in [1.807, 2.05) is 0 Å². The first-order chi connectivity index (χ1) is 8.00. The molecule has 0 aromatic rings. The number of halogens is 2. The lowest BCUT2D eigenvalue weighted by atomic mass is 9.90. The van der Waals surface area contributed by atoms with Crippen molar-refractivity contribution in [2.75, 3.05) is 6.61 Å². The molecule has 1 rings (SSSR count). The molecule has 0 aliphatic heterocycles. The fourth-order valence-corrected chi connectivity index (χ4v) is 2.27. The highest BCUT2D eigenvalue weighted by Gasteiger charge is 2.51. The smallest absolute Gasteiger partial charge is 0.379 e. The van der Waals surface area contributed by atoms with Gasteiger partial charge in [0.1, 0.15) is 6.10 Å². The summed E-state index contributed by atoms with van der Waals surface area (Å²) < 4.78 is 31.5. The van der Waals surface area contributed by atoms with Crippen molar-refractivity contribution in [2.45, 2.75) is 57.5 Å². The minimum absolute atomic E-state index is 0.105. The van der Waals surface area contributed by atoms with E-state index in [0.717, 1.165) is 25.7 Å². The quantitative estimate of drug-likeness (QED) is 0.616. The van der Waals surface area contributed by atoms with Gasteiger partial charge in [0.15, 0.2) is 0 Å². The van der Waals surface area contributed by atoms with Gasteiger partial charge in [0, 0.05) is 0 Å². The van der Waals surface area contributed by atoms with Crippen molar-refractivity contribution < 1.29 is 23.4 Å². The highest BCUT2D eigenvalue weighted by atomic mass is 19.3. The van der Waals surface area contributed by atoms with Crippen molar-refractivity contribution in [3.8, 4) is 0 Å². The molecule has 17 heavy (non-hydrogen) atoms. The van der Waals surface area contributed by atoms with E-state index in [0.29, 0.717) is 12.8 Å². The molecular weight excluding hydrogens is 230 g/mol. The van der Waals surface area contributed by atoms with Gasteiger partial charge in [0.2, 0.25) is 0 Å². The molecule has 0 amide bonds. The Morgan fingerprint density at radius 1 is 1.35 bits per heavy atom. The summed E-state index contributed by atoms with van der Waals surface area (Å²) in [5, 5.41) is 9.67. The van der Waals surface area contributed by atoms with Gasteiger partial charge in [-0.25, -0.2) is 4.79 Å². The molecule has 0 bridgehead atoms. The van der Waals surface area contributed by atoms with Gasteiger partial charge in [0.25, 0.3) is 0 Å². The highest BCUT2D eigenvalue weighted by Crippen LogP contribution is 2.33. The van der Waals surface area contributed by atoms with Gasteiger partial charge in [-0.3, -0.25) is 0 Å². The summed E-state index contributed by atoms with van der Waals surface area (Å²) in [6, 6.07) is 0. The molecule has 3 nitrogen and oxygen atoms in total. The van der Waals surface area contributed by atoms with Crippen LogP contribution in [0, 0.1) is 5.92 Å². The van der Waals surface area contributed by atoms with Crippen LogP contribution in [0.15, 0.2) is 0 Å². The molecule has 1 aliphatic rings. The van der Waals surface area contributed by atoms with Crippen LogP contribution in [0.25, 0.3) is 0 Å². The number of hydrogen-bond acceptors (Lipinski definition) is 3. The first-order valence-corrected chi connectivity index (χ1v) is 6.23. The molecule has 1 unspecified atom stereocenters. The Kier molecular flexibility index (Phi) is 5.31. The Morgan fingerprint density at radius 3 is 2.35 bits per heavy atom. The fraction of sp³-hybridized carbons (Fsp3) is 0.917. The van der Waals surface area contributed by atoms with Gasteiger partial charge in [-0.2, -0.15) is 8.78 Å². The average Bonchev–Trinajstić information content (AvgIpc) is 2.56. The van der Waals surface area contributed by atoms with Crippen LogP contribution >= 0.6 is 0 Å². The van der Waals surface area contributed by atoms with Crippen LogP contribution in [-0.2, 0) is 9.53 Å². The van der Waals surface area contributed by atoms with Crippen LogP contribution < -0.4 is 0 Å². The third-order valence-electron chi connectivity index (χ3n) is 3.27. The van der Waals surface area contributed by atoms with Crippen LogP contribution in [0.3, 0.4) is 0 Å². The number of aliphatic hydroxyl groups excluding tert-OH is 1. The van der Waals surface area contributed by atoms with E-state index in [1.54, 1.807) is 0 Å². The van der Waals surface area contributed by atoms with E-state index in [-0.39, 0.29) is 6.61 Å². The summed E-state index contributed by atoms with van der Waals surface area (Å²) in [5.41, 5.74) is 0. The van der Waals surface area contributed by atoms with Crippen molar-refractivity contribution in [3.05, 3.63) is 0 Å². The number of carbonyl (C=O) groups is 1. The Labute approximate surface area is 100 Å². The van der Waals surface area contributed by atoms with Gasteiger partial charge in [-0.1, -0.05) is 25.7 Å². The van der Waals surface area contributed by atoms with Crippen molar-refractivity contribution in [3.63, 3.8) is 0 Å². The minimum Gasteiger partial charge on any atom is -0.461 e. The number of hydrogen-bond donors (Lipinski definition) is 1. The summed E-state index contributed by atoms with van der Waals surface area (Å²) >= 11 is 0. The van der Waals surface area contributed by atoms with Crippen molar-refractivity contribution >= 4 is 5.97 Å². The molecule has 0 aromatic heterocycles. The number of aliphatic hydroxyl groups is 1. The fourth-order valence-electron chi connectivity index (χ4n) is 2.27. The van der Waals surface area contributed by atoms with Crippen LogP contribution in [0.4, 0.5) is 8.78 Å². The summed E-state index contributed by atoms with van der Waals surface area (Å²) in [6.07, 6.45) is 2.87. The molecule has 1 N–H and O–H groups in total. The number of rotatable bonds is 4. The monoisotopic (exact) mass is 250 g/mol. The van der Waals surface area contributed by atoms with E-state index in [4.69, 9.17) is 0 Å². The van der Waals surface area contributed by atoms with Crippen LogP contribution in [0.5, 0.6) is 0 Å². The number of alkyl halides is 2. The van der Waals surface area contributed by atoms with Gasteiger partial charge in [0.05, 0.1) is 6.61 Å². The van der Waals surface area contributed by atoms with E-state index in [1.165, 1.54) is 6.92 Å². The van der Waals surface area contributed by atoms with Crippen LogP contribution in [0.2, 0.25) is 0 Å². The highest BCUT2D eigenvalue weighted by molar-refractivity contribution is 5.78. The first kappa shape index (κ1) is 14.4. The summed E-state index contributed by atoms with van der Waals surface area (Å²) in [4.78, 5) is 11.1. The van der Waals surface area contributed by atoms with E-state index in [2.05, 4.69) is 4.74 Å². The average molecular weight is 250 g/mol. The predicted molar refractivity (Wildman–Crippen MR) is 58.8 cm³/mol. The van der Waals surface area contributed by atoms with E-state index < -0.39 is 23.9 Å². The Balaban J connectivity index is 2.64. The number of ether oxygens (including phenoxy) is 1. The summed E-state index contributed by atoms with van der Waals surface area (Å²) in [5.74, 6) is -5.90. The molecule has 1 atom stereocenters.